The summed E-state index contributed by atoms with van der Waals surface area (Å²) in [4.78, 5) is 2.21. The van der Waals surface area contributed by atoms with Crippen LogP contribution in [0.5, 0.6) is 0 Å². The Labute approximate surface area is 62.5 Å². The van der Waals surface area contributed by atoms with Gasteiger partial charge in [-0.15, -0.1) is 0 Å². The van der Waals surface area contributed by atoms with Gasteiger partial charge in [-0.25, -0.2) is 0 Å². The molecule has 0 atom stereocenters. The van der Waals surface area contributed by atoms with Crippen molar-refractivity contribution >= 4 is 16.1 Å². The van der Waals surface area contributed by atoms with Crippen molar-refractivity contribution in [1.82, 2.24) is 4.90 Å². The fourth-order valence-electron chi connectivity index (χ4n) is 0.640. The number of nitrogens with zero attached hydrogens (tertiary/aromatic N) is 1. The zero-order valence-electron chi connectivity index (χ0n) is 5.59. The van der Waals surface area contributed by atoms with E-state index in [-0.39, 0.29) is 0 Å². The van der Waals surface area contributed by atoms with Crippen LogP contribution in [-0.2, 0) is 7.53 Å². The van der Waals surface area contributed by atoms with Crippen molar-refractivity contribution in [2.75, 3.05) is 33.4 Å². The quantitative estimate of drug-likeness (QED) is 0.480. The first-order valence-electron chi connectivity index (χ1n) is 3.07. The third-order valence-electron chi connectivity index (χ3n) is 1.27. The van der Waals surface area contributed by atoms with Gasteiger partial charge in [0, 0.05) is 0 Å². The molecule has 52 valence electrons. The molecule has 0 unspecified atom stereocenters. The van der Waals surface area contributed by atoms with E-state index >= 15 is 0 Å². The van der Waals surface area contributed by atoms with Crippen molar-refractivity contribution in [3.05, 3.63) is 0 Å². The SMILES string of the molecule is CN1CC[O][Ge][O]CC1. The van der Waals surface area contributed by atoms with Crippen LogP contribution in [-0.4, -0.2) is 54.4 Å². The van der Waals surface area contributed by atoms with Gasteiger partial charge in [0.2, 0.25) is 0 Å². The van der Waals surface area contributed by atoms with E-state index in [0.29, 0.717) is 0 Å². The third kappa shape index (κ3) is 3.20. The molecule has 1 heterocycles. The molecule has 1 aliphatic rings. The van der Waals surface area contributed by atoms with E-state index in [2.05, 4.69) is 11.9 Å². The summed E-state index contributed by atoms with van der Waals surface area (Å²) in [7, 11) is 2.08. The summed E-state index contributed by atoms with van der Waals surface area (Å²) in [6.45, 7) is 3.78. The van der Waals surface area contributed by atoms with E-state index in [4.69, 9.17) is 7.53 Å². The Balaban J connectivity index is 2.12. The van der Waals surface area contributed by atoms with E-state index in [9.17, 15) is 0 Å². The van der Waals surface area contributed by atoms with Crippen LogP contribution in [0, 0.1) is 0 Å². The van der Waals surface area contributed by atoms with Gasteiger partial charge in [-0.2, -0.15) is 0 Å². The molecule has 4 heteroatoms. The van der Waals surface area contributed by atoms with Crippen molar-refractivity contribution < 1.29 is 7.53 Å². The Kier molecular flexibility index (Phi) is 3.57. The van der Waals surface area contributed by atoms with Crippen molar-refractivity contribution in [2.45, 2.75) is 0 Å². The summed E-state index contributed by atoms with van der Waals surface area (Å²) >= 11 is -0.491. The van der Waals surface area contributed by atoms with E-state index in [1.54, 1.807) is 0 Å². The Morgan fingerprint density at radius 2 is 1.78 bits per heavy atom. The first kappa shape index (κ1) is 7.53. The molecule has 0 aliphatic carbocycles. The average molecular weight is 190 g/mol. The number of likely N-dealkylation sites (N-methyl/N-ethyl adjacent to an activating group) is 1. The van der Waals surface area contributed by atoms with Gasteiger partial charge in [0.1, 0.15) is 0 Å². The monoisotopic (exact) mass is 191 g/mol. The second-order valence-corrected chi connectivity index (χ2v) is 3.64. The van der Waals surface area contributed by atoms with Gasteiger partial charge in [0.05, 0.1) is 0 Å². The van der Waals surface area contributed by atoms with Crippen molar-refractivity contribution in [3.63, 3.8) is 0 Å². The van der Waals surface area contributed by atoms with Gasteiger partial charge < -0.3 is 0 Å². The topological polar surface area (TPSA) is 21.7 Å². The van der Waals surface area contributed by atoms with Gasteiger partial charge in [0.25, 0.3) is 0 Å². The molecule has 2 radical (unpaired) electrons. The number of rotatable bonds is 0. The average Bonchev–Trinajstić information content (AvgIpc) is 1.79. The molecule has 1 rings (SSSR count). The molecule has 1 saturated heterocycles. The van der Waals surface area contributed by atoms with E-state index < -0.39 is 16.1 Å². The van der Waals surface area contributed by atoms with Crippen LogP contribution in [0.3, 0.4) is 0 Å². The molecular formula is C5H11GeNO2. The van der Waals surface area contributed by atoms with Crippen LogP contribution >= 0.6 is 0 Å². The fourth-order valence-corrected chi connectivity index (χ4v) is 1.55. The standard InChI is InChI=1S/C5H11GeNO2/c1-7-2-4-8-6-9-5-3-7/h2-5H2,1H3. The normalized spacial score (nSPS) is 25.0. The maximum absolute atomic E-state index is 5.21. The van der Waals surface area contributed by atoms with Crippen LogP contribution in [0.4, 0.5) is 0 Å². The third-order valence-corrected chi connectivity index (χ3v) is 2.62. The molecule has 0 aromatic carbocycles. The van der Waals surface area contributed by atoms with Crippen molar-refractivity contribution in [3.8, 4) is 0 Å². The van der Waals surface area contributed by atoms with Crippen LogP contribution < -0.4 is 0 Å². The predicted octanol–water partition coefficient (Wildman–Crippen LogP) is -0.501. The molecule has 9 heavy (non-hydrogen) atoms. The minimum absolute atomic E-state index is 0.491. The Morgan fingerprint density at radius 3 is 2.33 bits per heavy atom. The molecular weight excluding hydrogens is 179 g/mol. The second kappa shape index (κ2) is 4.27. The van der Waals surface area contributed by atoms with E-state index in [1.165, 1.54) is 0 Å². The first-order valence-corrected chi connectivity index (χ1v) is 4.78. The summed E-state index contributed by atoms with van der Waals surface area (Å²) in [6, 6.07) is 0. The molecule has 1 fully saturated rings. The summed E-state index contributed by atoms with van der Waals surface area (Å²) in [6.07, 6.45) is 0. The van der Waals surface area contributed by atoms with E-state index in [1.807, 2.05) is 0 Å². The molecule has 0 saturated carbocycles. The Morgan fingerprint density at radius 1 is 1.22 bits per heavy atom. The molecule has 0 aromatic heterocycles. The maximum atomic E-state index is 5.21. The summed E-state index contributed by atoms with van der Waals surface area (Å²) < 4.78 is 10.4. The van der Waals surface area contributed by atoms with Crippen molar-refractivity contribution in [1.29, 1.82) is 0 Å². The Bertz CT molecular complexity index is 73.4. The van der Waals surface area contributed by atoms with Gasteiger partial charge in [0.15, 0.2) is 0 Å². The van der Waals surface area contributed by atoms with Crippen LogP contribution in [0.25, 0.3) is 0 Å². The summed E-state index contributed by atoms with van der Waals surface area (Å²) in [5.74, 6) is 0. The molecule has 0 aromatic rings. The van der Waals surface area contributed by atoms with Crippen LogP contribution in [0.2, 0.25) is 0 Å². The van der Waals surface area contributed by atoms with Crippen molar-refractivity contribution in [2.24, 2.45) is 0 Å². The molecule has 1 aliphatic heterocycles. The molecule has 3 nitrogen and oxygen atoms in total. The molecule has 0 N–H and O–H groups in total. The van der Waals surface area contributed by atoms with Gasteiger partial charge in [-0.1, -0.05) is 0 Å². The molecule has 0 amide bonds. The van der Waals surface area contributed by atoms with Gasteiger partial charge in [-0.3, -0.25) is 0 Å². The molecule has 0 spiro atoms. The zero-order chi connectivity index (χ0) is 6.53. The van der Waals surface area contributed by atoms with Crippen LogP contribution in [0.15, 0.2) is 0 Å². The summed E-state index contributed by atoms with van der Waals surface area (Å²) in [5.41, 5.74) is 0. The fraction of sp³-hybridized carbons (Fsp3) is 1.00. The number of hydrogen-bond donors (Lipinski definition) is 0. The van der Waals surface area contributed by atoms with E-state index in [0.717, 1.165) is 26.3 Å². The summed E-state index contributed by atoms with van der Waals surface area (Å²) in [5, 5.41) is 0. The second-order valence-electron chi connectivity index (χ2n) is 2.08. The minimum atomic E-state index is -0.491. The van der Waals surface area contributed by atoms with Gasteiger partial charge in [-0.05, 0) is 0 Å². The Hall–Kier alpha value is 0.423. The predicted molar refractivity (Wildman–Crippen MR) is 35.2 cm³/mol. The molecule has 0 bridgehead atoms. The van der Waals surface area contributed by atoms with Crippen LogP contribution in [0.1, 0.15) is 0 Å². The van der Waals surface area contributed by atoms with Gasteiger partial charge >= 0.3 is 61.9 Å². The first-order chi connectivity index (χ1) is 4.39. The zero-order valence-corrected chi connectivity index (χ0v) is 7.69. The number of hydrogen-bond acceptors (Lipinski definition) is 3.